The third-order valence-corrected chi connectivity index (χ3v) is 5.03. The van der Waals surface area contributed by atoms with Crippen LogP contribution in [0.4, 0.5) is 10.1 Å². The molecule has 4 rings (SSSR count). The summed E-state index contributed by atoms with van der Waals surface area (Å²) in [4.78, 5) is 16.7. The number of pyridine rings is 1. The predicted molar refractivity (Wildman–Crippen MR) is 98.4 cm³/mol. The molecule has 132 valence electrons. The van der Waals surface area contributed by atoms with Crippen LogP contribution in [0.3, 0.4) is 0 Å². The van der Waals surface area contributed by atoms with Crippen LogP contribution in [0, 0.1) is 12.7 Å². The Labute approximate surface area is 153 Å². The summed E-state index contributed by atoms with van der Waals surface area (Å²) in [5.74, 6) is 0.776. The van der Waals surface area contributed by atoms with Crippen LogP contribution in [-0.2, 0) is 4.79 Å². The quantitative estimate of drug-likeness (QED) is 0.700. The number of benzene rings is 2. The number of halogens is 1. The highest BCUT2D eigenvalue weighted by atomic mass is 32.2. The highest BCUT2D eigenvalue weighted by molar-refractivity contribution is 8.00. The number of nitrogens with one attached hydrogen (secondary N) is 1. The van der Waals surface area contributed by atoms with Crippen molar-refractivity contribution < 1.29 is 18.7 Å². The number of aromatic nitrogens is 1. The molecule has 0 atom stereocenters. The van der Waals surface area contributed by atoms with Crippen LogP contribution >= 0.6 is 11.8 Å². The normalized spacial score (nSPS) is 12.4. The summed E-state index contributed by atoms with van der Waals surface area (Å²) in [6.45, 7) is 2.15. The maximum atomic E-state index is 13.6. The first-order valence-corrected chi connectivity index (χ1v) is 8.97. The third kappa shape index (κ3) is 3.30. The van der Waals surface area contributed by atoms with E-state index in [4.69, 9.17) is 9.47 Å². The van der Waals surface area contributed by atoms with Gasteiger partial charge >= 0.3 is 0 Å². The van der Waals surface area contributed by atoms with Crippen molar-refractivity contribution in [3.63, 3.8) is 0 Å². The largest absolute Gasteiger partial charge is 0.454 e. The Morgan fingerprint density at radius 3 is 2.81 bits per heavy atom. The summed E-state index contributed by atoms with van der Waals surface area (Å²) in [7, 11) is 0. The fourth-order valence-electron chi connectivity index (χ4n) is 2.68. The molecule has 0 saturated heterocycles. The average molecular weight is 370 g/mol. The van der Waals surface area contributed by atoms with Gasteiger partial charge in [-0.25, -0.2) is 9.37 Å². The first-order chi connectivity index (χ1) is 12.6. The second kappa shape index (κ2) is 6.84. The number of aryl methyl sites for hydroxylation is 1. The van der Waals surface area contributed by atoms with Gasteiger partial charge in [-0.1, -0.05) is 23.9 Å². The zero-order valence-electron chi connectivity index (χ0n) is 13.9. The summed E-state index contributed by atoms with van der Waals surface area (Å²) in [5.41, 5.74) is 1.91. The molecule has 0 fully saturated rings. The molecule has 2 heterocycles. The summed E-state index contributed by atoms with van der Waals surface area (Å²) >= 11 is 1.31. The van der Waals surface area contributed by atoms with Crippen molar-refractivity contribution >= 4 is 34.3 Å². The lowest BCUT2D eigenvalue weighted by Gasteiger charge is -2.09. The number of carbonyl (C=O) groups is 1. The fraction of sp³-hybridized carbons (Fsp3) is 0.158. The number of rotatable bonds is 4. The van der Waals surface area contributed by atoms with Crippen LogP contribution < -0.4 is 14.8 Å². The molecule has 0 unspecified atom stereocenters. The number of ether oxygens (including phenoxy) is 2. The Bertz CT molecular complexity index is 1010. The van der Waals surface area contributed by atoms with Crippen LogP contribution in [0.15, 0.2) is 47.5 Å². The Morgan fingerprint density at radius 2 is 2.00 bits per heavy atom. The summed E-state index contributed by atoms with van der Waals surface area (Å²) in [6, 6.07) is 11.8. The van der Waals surface area contributed by atoms with E-state index in [1.165, 1.54) is 23.9 Å². The van der Waals surface area contributed by atoms with Crippen LogP contribution in [-0.4, -0.2) is 23.4 Å². The average Bonchev–Trinajstić information content (AvgIpc) is 3.07. The highest BCUT2D eigenvalue weighted by Crippen LogP contribution is 2.36. The Balaban J connectivity index is 1.50. The third-order valence-electron chi connectivity index (χ3n) is 3.94. The van der Waals surface area contributed by atoms with E-state index in [9.17, 15) is 9.18 Å². The molecule has 26 heavy (non-hydrogen) atoms. The molecule has 1 aliphatic rings. The van der Waals surface area contributed by atoms with E-state index in [1.54, 1.807) is 12.1 Å². The number of carbonyl (C=O) groups excluding carboxylic acids is 1. The Hall–Kier alpha value is -2.80. The Morgan fingerprint density at radius 1 is 1.23 bits per heavy atom. The van der Waals surface area contributed by atoms with Crippen LogP contribution in [0.5, 0.6) is 11.5 Å². The van der Waals surface area contributed by atoms with E-state index in [0.29, 0.717) is 11.5 Å². The molecule has 0 radical (unpaired) electrons. The molecule has 0 aliphatic carbocycles. The van der Waals surface area contributed by atoms with Gasteiger partial charge in [0.1, 0.15) is 10.8 Å². The topological polar surface area (TPSA) is 60.5 Å². The minimum absolute atomic E-state index is 0.137. The molecule has 0 spiro atoms. The van der Waals surface area contributed by atoms with Gasteiger partial charge in [-0.3, -0.25) is 4.79 Å². The molecule has 1 aliphatic heterocycles. The second-order valence-corrected chi connectivity index (χ2v) is 6.79. The highest BCUT2D eigenvalue weighted by Gasteiger charge is 2.16. The maximum Gasteiger partial charge on any atom is 0.234 e. The van der Waals surface area contributed by atoms with E-state index in [2.05, 4.69) is 10.3 Å². The molecule has 5 nitrogen and oxygen atoms in total. The van der Waals surface area contributed by atoms with Gasteiger partial charge in [0, 0.05) is 11.5 Å². The van der Waals surface area contributed by atoms with Crippen molar-refractivity contribution in [1.29, 1.82) is 0 Å². The number of fused-ring (bicyclic) bond motifs is 2. The molecular formula is C19H15FN2O3S. The lowest BCUT2D eigenvalue weighted by Crippen LogP contribution is -2.15. The number of amides is 1. The lowest BCUT2D eigenvalue weighted by atomic mass is 10.1. The monoisotopic (exact) mass is 370 g/mol. The minimum Gasteiger partial charge on any atom is -0.454 e. The first-order valence-electron chi connectivity index (χ1n) is 7.98. The molecule has 1 aromatic heterocycles. The lowest BCUT2D eigenvalue weighted by molar-refractivity contribution is -0.113. The van der Waals surface area contributed by atoms with Crippen molar-refractivity contribution in [1.82, 2.24) is 4.98 Å². The van der Waals surface area contributed by atoms with E-state index < -0.39 is 5.82 Å². The van der Waals surface area contributed by atoms with Crippen molar-refractivity contribution in [3.05, 3.63) is 53.8 Å². The molecule has 2 aromatic carbocycles. The molecule has 1 N–H and O–H groups in total. The van der Waals surface area contributed by atoms with E-state index >= 15 is 0 Å². The maximum absolute atomic E-state index is 13.6. The summed E-state index contributed by atoms with van der Waals surface area (Å²) in [5, 5.41) is 4.27. The number of hydrogen-bond acceptors (Lipinski definition) is 5. The van der Waals surface area contributed by atoms with Gasteiger partial charge in [0.05, 0.1) is 17.0 Å². The molecular weight excluding hydrogens is 355 g/mol. The molecule has 0 bridgehead atoms. The molecule has 0 saturated carbocycles. The summed E-state index contributed by atoms with van der Waals surface area (Å²) < 4.78 is 24.4. The van der Waals surface area contributed by atoms with Gasteiger partial charge < -0.3 is 14.8 Å². The van der Waals surface area contributed by atoms with Crippen molar-refractivity contribution in [2.24, 2.45) is 0 Å². The molecule has 3 aromatic rings. The van der Waals surface area contributed by atoms with Crippen molar-refractivity contribution in [2.75, 3.05) is 17.9 Å². The first kappa shape index (κ1) is 16.7. The number of hydrogen-bond donors (Lipinski definition) is 1. The zero-order valence-corrected chi connectivity index (χ0v) is 14.7. The minimum atomic E-state index is -0.457. The Kier molecular flexibility index (Phi) is 4.38. The second-order valence-electron chi connectivity index (χ2n) is 5.83. The number of nitrogens with zero attached hydrogens (tertiary/aromatic N) is 1. The number of anilines is 1. The van der Waals surface area contributed by atoms with Gasteiger partial charge in [0.25, 0.3) is 0 Å². The van der Waals surface area contributed by atoms with Gasteiger partial charge in [0.15, 0.2) is 11.5 Å². The number of thioether (sulfide) groups is 1. The van der Waals surface area contributed by atoms with Crippen molar-refractivity contribution in [2.45, 2.75) is 11.9 Å². The summed E-state index contributed by atoms with van der Waals surface area (Å²) in [6.07, 6.45) is 0. The predicted octanol–water partition coefficient (Wildman–Crippen LogP) is 4.14. The standard InChI is InChI=1S/C19H15FN2O3S/c1-11-6-12-7-16-17(25-10-24-16)8-15(12)22-19(11)26-9-18(23)21-14-5-3-2-4-13(14)20/h2-8H,9-10H2,1H3,(H,21,23). The van der Waals surface area contributed by atoms with Crippen molar-refractivity contribution in [3.8, 4) is 11.5 Å². The van der Waals surface area contributed by atoms with Gasteiger partial charge in [0.2, 0.25) is 12.7 Å². The van der Waals surface area contributed by atoms with E-state index in [0.717, 1.165) is 21.5 Å². The van der Waals surface area contributed by atoms with E-state index in [1.807, 2.05) is 25.1 Å². The smallest absolute Gasteiger partial charge is 0.234 e. The van der Waals surface area contributed by atoms with Gasteiger partial charge in [-0.2, -0.15) is 0 Å². The van der Waals surface area contributed by atoms with Crippen LogP contribution in [0.1, 0.15) is 5.56 Å². The number of para-hydroxylation sites is 1. The van der Waals surface area contributed by atoms with Crippen LogP contribution in [0.25, 0.3) is 10.9 Å². The molecule has 1 amide bonds. The van der Waals surface area contributed by atoms with Crippen LogP contribution in [0.2, 0.25) is 0 Å². The fourth-order valence-corrected chi connectivity index (χ4v) is 3.47. The zero-order chi connectivity index (χ0) is 18.1. The van der Waals surface area contributed by atoms with E-state index in [-0.39, 0.29) is 24.1 Å². The van der Waals surface area contributed by atoms with Gasteiger partial charge in [-0.15, -0.1) is 0 Å². The molecule has 7 heteroatoms. The van der Waals surface area contributed by atoms with Gasteiger partial charge in [-0.05, 0) is 36.8 Å². The SMILES string of the molecule is Cc1cc2cc3c(cc2nc1SCC(=O)Nc1ccccc1F)OCO3.